The van der Waals surface area contributed by atoms with Crippen LogP contribution in [0.25, 0.3) is 0 Å². The normalized spacial score (nSPS) is 11.7. The van der Waals surface area contributed by atoms with E-state index in [0.29, 0.717) is 22.0 Å². The predicted molar refractivity (Wildman–Crippen MR) is 110 cm³/mol. The fourth-order valence-corrected chi connectivity index (χ4v) is 3.31. The van der Waals surface area contributed by atoms with E-state index in [2.05, 4.69) is 15.5 Å². The van der Waals surface area contributed by atoms with E-state index in [1.807, 2.05) is 32.0 Å². The van der Waals surface area contributed by atoms with Crippen molar-refractivity contribution >= 4 is 29.3 Å². The van der Waals surface area contributed by atoms with E-state index in [0.717, 1.165) is 17.0 Å². The molecule has 29 heavy (non-hydrogen) atoms. The number of ether oxygens (including phenoxy) is 1. The van der Waals surface area contributed by atoms with Crippen LogP contribution in [-0.2, 0) is 15.3 Å². The van der Waals surface area contributed by atoms with Gasteiger partial charge in [0.15, 0.2) is 6.10 Å². The van der Waals surface area contributed by atoms with Crippen molar-refractivity contribution in [2.45, 2.75) is 37.7 Å². The lowest BCUT2D eigenvalue weighted by atomic mass is 10.2. The van der Waals surface area contributed by atoms with Crippen molar-refractivity contribution in [3.8, 4) is 0 Å². The average molecular weight is 411 g/mol. The third kappa shape index (κ3) is 5.68. The lowest BCUT2D eigenvalue weighted by Crippen LogP contribution is -2.30. The van der Waals surface area contributed by atoms with Crippen molar-refractivity contribution in [3.05, 3.63) is 71.2 Å². The van der Waals surface area contributed by atoms with Gasteiger partial charge < -0.3 is 14.6 Å². The number of nitrogens with zero attached hydrogens (tertiary/aromatic N) is 2. The first kappa shape index (κ1) is 20.6. The van der Waals surface area contributed by atoms with E-state index in [9.17, 15) is 9.59 Å². The maximum atomic E-state index is 12.6. The molecule has 1 N–H and O–H groups in total. The molecule has 7 nitrogen and oxygen atoms in total. The number of esters is 1. The quantitative estimate of drug-likeness (QED) is 0.461. The van der Waals surface area contributed by atoms with E-state index in [1.165, 1.54) is 18.7 Å². The Balaban J connectivity index is 1.62. The lowest BCUT2D eigenvalue weighted by Gasteiger charge is -2.14. The van der Waals surface area contributed by atoms with Gasteiger partial charge in [-0.1, -0.05) is 34.6 Å². The Labute approximate surface area is 172 Å². The molecule has 2 heterocycles. The summed E-state index contributed by atoms with van der Waals surface area (Å²) >= 11 is 1.35. The van der Waals surface area contributed by atoms with E-state index in [4.69, 9.17) is 9.26 Å². The molecule has 150 valence electrons. The van der Waals surface area contributed by atoms with Gasteiger partial charge in [-0.2, -0.15) is 0 Å². The largest absolute Gasteiger partial charge is 0.449 e. The van der Waals surface area contributed by atoms with Gasteiger partial charge in [-0.25, -0.2) is 9.78 Å². The van der Waals surface area contributed by atoms with Crippen molar-refractivity contribution in [2.24, 2.45) is 0 Å². The highest BCUT2D eigenvalue weighted by atomic mass is 32.2. The molecular formula is C21H21N3O4S. The maximum Gasteiger partial charge on any atom is 0.341 e. The second-order valence-corrected chi connectivity index (χ2v) is 7.44. The zero-order valence-corrected chi connectivity index (χ0v) is 17.2. The van der Waals surface area contributed by atoms with E-state index < -0.39 is 18.0 Å². The molecule has 0 saturated carbocycles. The fraction of sp³-hybridized carbons (Fsp3) is 0.238. The number of amides is 1. The summed E-state index contributed by atoms with van der Waals surface area (Å²) in [7, 11) is 0. The lowest BCUT2D eigenvalue weighted by molar-refractivity contribution is -0.123. The molecule has 0 radical (unpaired) electrons. The summed E-state index contributed by atoms with van der Waals surface area (Å²) in [6.07, 6.45) is 0.640. The van der Waals surface area contributed by atoms with Gasteiger partial charge in [0.2, 0.25) is 0 Å². The number of thioether (sulfide) groups is 1. The van der Waals surface area contributed by atoms with Crippen molar-refractivity contribution < 1.29 is 18.8 Å². The van der Waals surface area contributed by atoms with Crippen LogP contribution in [0.4, 0.5) is 5.69 Å². The molecule has 0 bridgehead atoms. The highest BCUT2D eigenvalue weighted by molar-refractivity contribution is 7.98. The summed E-state index contributed by atoms with van der Waals surface area (Å²) in [5.41, 5.74) is 2.78. The van der Waals surface area contributed by atoms with Crippen LogP contribution in [0, 0.1) is 13.8 Å². The number of anilines is 1. The molecule has 0 spiro atoms. The van der Waals surface area contributed by atoms with E-state index in [1.54, 1.807) is 30.5 Å². The standard InChI is InChI=1S/C21H21N3O4S/c1-13-6-8-16(9-7-13)23-19(25)15(3)27-21(26)18-5-4-10-22-20(18)29-12-17-11-14(2)28-24-17/h4-11,15H,12H2,1-3H3,(H,23,25)/t15-/m0/s1. The number of rotatable bonds is 7. The summed E-state index contributed by atoms with van der Waals surface area (Å²) in [6, 6.07) is 12.5. The van der Waals surface area contributed by atoms with Crippen LogP contribution in [0.5, 0.6) is 0 Å². The van der Waals surface area contributed by atoms with E-state index in [-0.39, 0.29) is 0 Å². The minimum absolute atomic E-state index is 0.299. The average Bonchev–Trinajstić information content (AvgIpc) is 3.13. The van der Waals surface area contributed by atoms with Crippen LogP contribution in [0.1, 0.15) is 34.3 Å². The summed E-state index contributed by atoms with van der Waals surface area (Å²) in [5.74, 6) is 0.203. The smallest absolute Gasteiger partial charge is 0.341 e. The van der Waals surface area contributed by atoms with Crippen molar-refractivity contribution in [2.75, 3.05) is 5.32 Å². The van der Waals surface area contributed by atoms with Crippen molar-refractivity contribution in [3.63, 3.8) is 0 Å². The molecule has 1 atom stereocenters. The van der Waals surface area contributed by atoms with Crippen LogP contribution < -0.4 is 5.32 Å². The molecule has 1 amide bonds. The molecule has 0 fully saturated rings. The fourth-order valence-electron chi connectivity index (χ4n) is 2.45. The van der Waals surface area contributed by atoms with Crippen LogP contribution in [0.3, 0.4) is 0 Å². The molecule has 0 unspecified atom stereocenters. The number of hydrogen-bond acceptors (Lipinski definition) is 7. The van der Waals surface area contributed by atoms with Crippen LogP contribution in [0.15, 0.2) is 58.2 Å². The molecular weight excluding hydrogens is 390 g/mol. The van der Waals surface area contributed by atoms with Crippen molar-refractivity contribution in [1.29, 1.82) is 0 Å². The molecule has 2 aromatic heterocycles. The molecule has 0 aliphatic heterocycles. The Morgan fingerprint density at radius 1 is 1.21 bits per heavy atom. The number of aromatic nitrogens is 2. The van der Waals surface area contributed by atoms with Gasteiger partial charge >= 0.3 is 5.97 Å². The van der Waals surface area contributed by atoms with Gasteiger partial charge in [0.1, 0.15) is 10.8 Å². The molecule has 3 aromatic rings. The predicted octanol–water partition coefficient (Wildman–Crippen LogP) is 4.16. The van der Waals surface area contributed by atoms with Gasteiger partial charge in [-0.05, 0) is 45.0 Å². The van der Waals surface area contributed by atoms with Crippen LogP contribution in [-0.4, -0.2) is 28.1 Å². The Morgan fingerprint density at radius 3 is 2.66 bits per heavy atom. The van der Waals surface area contributed by atoms with Gasteiger partial charge in [0, 0.05) is 23.7 Å². The second-order valence-electron chi connectivity index (χ2n) is 6.48. The molecule has 0 aliphatic rings. The number of nitrogens with one attached hydrogen (secondary N) is 1. The molecule has 0 aliphatic carbocycles. The summed E-state index contributed by atoms with van der Waals surface area (Å²) in [4.78, 5) is 29.2. The maximum absolute atomic E-state index is 12.6. The Morgan fingerprint density at radius 2 is 1.97 bits per heavy atom. The number of carbonyl (C=O) groups is 2. The zero-order chi connectivity index (χ0) is 20.8. The number of hydrogen-bond donors (Lipinski definition) is 1. The first-order valence-electron chi connectivity index (χ1n) is 9.01. The van der Waals surface area contributed by atoms with Gasteiger partial charge in [-0.3, -0.25) is 4.79 Å². The first-order valence-corrected chi connectivity index (χ1v) is 9.99. The highest BCUT2D eigenvalue weighted by Gasteiger charge is 2.22. The first-order chi connectivity index (χ1) is 13.9. The number of carbonyl (C=O) groups excluding carboxylic acids is 2. The minimum atomic E-state index is -0.958. The summed E-state index contributed by atoms with van der Waals surface area (Å²) in [6.45, 7) is 5.31. The van der Waals surface area contributed by atoms with Gasteiger partial charge in [-0.15, -0.1) is 0 Å². The summed E-state index contributed by atoms with van der Waals surface area (Å²) in [5, 5.41) is 7.17. The third-order valence-corrected chi connectivity index (χ3v) is 5.04. The number of pyridine rings is 1. The zero-order valence-electron chi connectivity index (χ0n) is 16.3. The molecule has 0 saturated heterocycles. The molecule has 1 aromatic carbocycles. The SMILES string of the molecule is Cc1ccc(NC(=O)[C@H](C)OC(=O)c2cccnc2SCc2cc(C)on2)cc1. The Hall–Kier alpha value is -3.13. The Bertz CT molecular complexity index is 1000. The molecule has 8 heteroatoms. The Kier molecular flexibility index (Phi) is 6.66. The molecule has 3 rings (SSSR count). The van der Waals surface area contributed by atoms with Crippen LogP contribution in [0.2, 0.25) is 0 Å². The van der Waals surface area contributed by atoms with Gasteiger partial charge in [0.05, 0.1) is 11.3 Å². The van der Waals surface area contributed by atoms with Crippen LogP contribution >= 0.6 is 11.8 Å². The third-order valence-electron chi connectivity index (χ3n) is 4.00. The summed E-state index contributed by atoms with van der Waals surface area (Å²) < 4.78 is 10.4. The number of benzene rings is 1. The highest BCUT2D eigenvalue weighted by Crippen LogP contribution is 2.25. The topological polar surface area (TPSA) is 94.3 Å². The van der Waals surface area contributed by atoms with Gasteiger partial charge in [0.25, 0.3) is 5.91 Å². The number of aryl methyl sites for hydroxylation is 2. The van der Waals surface area contributed by atoms with E-state index >= 15 is 0 Å². The minimum Gasteiger partial charge on any atom is -0.449 e. The van der Waals surface area contributed by atoms with Crippen molar-refractivity contribution in [1.82, 2.24) is 10.1 Å². The monoisotopic (exact) mass is 411 g/mol. The second kappa shape index (κ2) is 9.38.